The molecule has 0 bridgehead atoms. The normalized spacial score (nSPS) is 12.6. The fourth-order valence-electron chi connectivity index (χ4n) is 1.84. The fourth-order valence-corrected chi connectivity index (χ4v) is 1.84. The zero-order valence-electron chi connectivity index (χ0n) is 10.7. The second-order valence-corrected chi connectivity index (χ2v) is 4.24. The number of pyridine rings is 1. The van der Waals surface area contributed by atoms with Gasteiger partial charge in [0.25, 0.3) is 0 Å². The van der Waals surface area contributed by atoms with Crippen molar-refractivity contribution in [3.05, 3.63) is 35.9 Å². The molecule has 2 heterocycles. The Kier molecular flexibility index (Phi) is 4.35. The Morgan fingerprint density at radius 3 is 2.89 bits per heavy atom. The van der Waals surface area contributed by atoms with Gasteiger partial charge in [-0.2, -0.15) is 4.80 Å². The molecule has 0 aromatic carbocycles. The third-order valence-corrected chi connectivity index (χ3v) is 2.86. The number of aromatic nitrogens is 5. The first-order valence-electron chi connectivity index (χ1n) is 6.08. The van der Waals surface area contributed by atoms with Gasteiger partial charge in [-0.15, -0.1) is 10.2 Å². The van der Waals surface area contributed by atoms with Crippen LogP contribution in [-0.2, 0) is 19.9 Å². The number of likely N-dealkylation sites (N-methyl/N-ethyl adjacent to an activating group) is 1. The molecule has 0 radical (unpaired) electrons. The second kappa shape index (κ2) is 6.20. The molecule has 0 saturated carbocycles. The van der Waals surface area contributed by atoms with Crippen LogP contribution in [0.3, 0.4) is 0 Å². The molecule has 18 heavy (non-hydrogen) atoms. The first-order chi connectivity index (χ1) is 8.78. The molecule has 2 rings (SSSR count). The SMILES string of the molecule is CNC(CCc1ccccn1)Cc1nnn(C)n1. The lowest BCUT2D eigenvalue weighted by molar-refractivity contribution is 0.505. The van der Waals surface area contributed by atoms with Crippen LogP contribution >= 0.6 is 0 Å². The predicted octanol–water partition coefficient (Wildman–Crippen LogP) is 0.368. The zero-order valence-corrected chi connectivity index (χ0v) is 10.7. The van der Waals surface area contributed by atoms with Crippen molar-refractivity contribution in [2.24, 2.45) is 7.05 Å². The summed E-state index contributed by atoms with van der Waals surface area (Å²) in [4.78, 5) is 5.81. The van der Waals surface area contributed by atoms with E-state index in [1.54, 1.807) is 7.05 Å². The Morgan fingerprint density at radius 1 is 1.39 bits per heavy atom. The molecule has 6 nitrogen and oxygen atoms in total. The third kappa shape index (κ3) is 3.59. The van der Waals surface area contributed by atoms with Gasteiger partial charge in [0.15, 0.2) is 5.82 Å². The van der Waals surface area contributed by atoms with Crippen LogP contribution in [0.1, 0.15) is 17.9 Å². The van der Waals surface area contributed by atoms with Gasteiger partial charge < -0.3 is 5.32 Å². The van der Waals surface area contributed by atoms with Gasteiger partial charge in [-0.1, -0.05) is 6.07 Å². The molecule has 0 saturated heterocycles. The molecule has 1 unspecified atom stereocenters. The zero-order chi connectivity index (χ0) is 12.8. The number of rotatable bonds is 6. The monoisotopic (exact) mass is 246 g/mol. The van der Waals surface area contributed by atoms with E-state index >= 15 is 0 Å². The van der Waals surface area contributed by atoms with E-state index in [1.165, 1.54) is 4.80 Å². The molecule has 0 fully saturated rings. The summed E-state index contributed by atoms with van der Waals surface area (Å²) in [7, 11) is 3.73. The standard InChI is InChI=1S/C12H18N6/c1-13-11(9-12-15-17-18(2)16-12)7-6-10-5-3-4-8-14-10/h3-5,8,11,13H,6-7,9H2,1-2H3. The first kappa shape index (κ1) is 12.6. The minimum absolute atomic E-state index is 0.344. The summed E-state index contributed by atoms with van der Waals surface area (Å²) < 4.78 is 0. The summed E-state index contributed by atoms with van der Waals surface area (Å²) in [5, 5.41) is 15.3. The van der Waals surface area contributed by atoms with Gasteiger partial charge >= 0.3 is 0 Å². The van der Waals surface area contributed by atoms with E-state index in [0.29, 0.717) is 6.04 Å². The second-order valence-electron chi connectivity index (χ2n) is 4.24. The summed E-state index contributed by atoms with van der Waals surface area (Å²) >= 11 is 0. The van der Waals surface area contributed by atoms with Gasteiger partial charge in [0, 0.05) is 24.4 Å². The molecule has 1 N–H and O–H groups in total. The molecule has 0 aliphatic carbocycles. The van der Waals surface area contributed by atoms with E-state index in [9.17, 15) is 0 Å². The van der Waals surface area contributed by atoms with E-state index in [1.807, 2.05) is 31.4 Å². The fraction of sp³-hybridized carbons (Fsp3) is 0.500. The third-order valence-electron chi connectivity index (χ3n) is 2.86. The van der Waals surface area contributed by atoms with Crippen LogP contribution in [0.2, 0.25) is 0 Å². The molecule has 2 aromatic rings. The molecular formula is C12H18N6. The topological polar surface area (TPSA) is 68.5 Å². The van der Waals surface area contributed by atoms with Crippen molar-refractivity contribution in [3.63, 3.8) is 0 Å². The highest BCUT2D eigenvalue weighted by atomic mass is 15.6. The minimum atomic E-state index is 0.344. The molecule has 6 heteroatoms. The maximum Gasteiger partial charge on any atom is 0.176 e. The van der Waals surface area contributed by atoms with Crippen LogP contribution in [0.25, 0.3) is 0 Å². The highest BCUT2D eigenvalue weighted by Gasteiger charge is 2.11. The van der Waals surface area contributed by atoms with E-state index < -0.39 is 0 Å². The van der Waals surface area contributed by atoms with Gasteiger partial charge in [0.05, 0.1) is 7.05 Å². The van der Waals surface area contributed by atoms with Gasteiger partial charge in [0.1, 0.15) is 0 Å². The van der Waals surface area contributed by atoms with E-state index in [4.69, 9.17) is 0 Å². The summed E-state index contributed by atoms with van der Waals surface area (Å²) in [6.07, 6.45) is 4.57. The Morgan fingerprint density at radius 2 is 2.28 bits per heavy atom. The number of nitrogens with one attached hydrogen (secondary N) is 1. The van der Waals surface area contributed by atoms with Crippen molar-refractivity contribution in [2.75, 3.05) is 7.05 Å². The van der Waals surface area contributed by atoms with Crippen molar-refractivity contribution in [1.29, 1.82) is 0 Å². The smallest absolute Gasteiger partial charge is 0.176 e. The predicted molar refractivity (Wildman–Crippen MR) is 67.9 cm³/mol. The van der Waals surface area contributed by atoms with Crippen molar-refractivity contribution in [1.82, 2.24) is 30.5 Å². The summed E-state index contributed by atoms with van der Waals surface area (Å²) in [6, 6.07) is 6.34. The molecule has 0 amide bonds. The average Bonchev–Trinajstić information content (AvgIpc) is 2.81. The molecule has 1 atom stereocenters. The number of aryl methyl sites for hydroxylation is 2. The van der Waals surface area contributed by atoms with Crippen LogP contribution in [0, 0.1) is 0 Å². The van der Waals surface area contributed by atoms with Gasteiger partial charge in [0.2, 0.25) is 0 Å². The minimum Gasteiger partial charge on any atom is -0.317 e. The molecule has 2 aromatic heterocycles. The lowest BCUT2D eigenvalue weighted by atomic mass is 10.1. The van der Waals surface area contributed by atoms with Crippen molar-refractivity contribution in [3.8, 4) is 0 Å². The van der Waals surface area contributed by atoms with E-state index in [-0.39, 0.29) is 0 Å². The molecule has 96 valence electrons. The number of nitrogens with zero attached hydrogens (tertiary/aromatic N) is 5. The largest absolute Gasteiger partial charge is 0.317 e. The van der Waals surface area contributed by atoms with Crippen LogP contribution in [0.15, 0.2) is 24.4 Å². The molecule has 0 spiro atoms. The lowest BCUT2D eigenvalue weighted by Crippen LogP contribution is -2.28. The quantitative estimate of drug-likeness (QED) is 0.797. The van der Waals surface area contributed by atoms with Crippen molar-refractivity contribution < 1.29 is 0 Å². The maximum atomic E-state index is 4.32. The van der Waals surface area contributed by atoms with Gasteiger partial charge in [-0.25, -0.2) is 0 Å². The Bertz CT molecular complexity index is 466. The Labute approximate surface area is 106 Å². The van der Waals surface area contributed by atoms with E-state index in [2.05, 4.69) is 25.7 Å². The van der Waals surface area contributed by atoms with Crippen LogP contribution in [0.4, 0.5) is 0 Å². The molecule has 0 aliphatic heterocycles. The lowest BCUT2D eigenvalue weighted by Gasteiger charge is -2.13. The van der Waals surface area contributed by atoms with Crippen LogP contribution < -0.4 is 5.32 Å². The highest BCUT2D eigenvalue weighted by molar-refractivity contribution is 5.04. The highest BCUT2D eigenvalue weighted by Crippen LogP contribution is 2.05. The summed E-state index contributed by atoms with van der Waals surface area (Å²) in [5.74, 6) is 0.776. The summed E-state index contributed by atoms with van der Waals surface area (Å²) in [5.41, 5.74) is 1.12. The van der Waals surface area contributed by atoms with Crippen LogP contribution in [-0.4, -0.2) is 38.3 Å². The number of hydrogen-bond acceptors (Lipinski definition) is 5. The van der Waals surface area contributed by atoms with Gasteiger partial charge in [-0.3, -0.25) is 4.98 Å². The van der Waals surface area contributed by atoms with Crippen molar-refractivity contribution in [2.45, 2.75) is 25.3 Å². The maximum absolute atomic E-state index is 4.32. The van der Waals surface area contributed by atoms with Crippen LogP contribution in [0.5, 0.6) is 0 Å². The Hall–Kier alpha value is -1.82. The molecular weight excluding hydrogens is 228 g/mol. The molecule has 0 aliphatic rings. The summed E-state index contributed by atoms with van der Waals surface area (Å²) in [6.45, 7) is 0. The van der Waals surface area contributed by atoms with E-state index in [0.717, 1.165) is 30.8 Å². The average molecular weight is 246 g/mol. The van der Waals surface area contributed by atoms with Crippen molar-refractivity contribution >= 4 is 0 Å². The first-order valence-corrected chi connectivity index (χ1v) is 6.08. The number of tetrazole rings is 1. The number of hydrogen-bond donors (Lipinski definition) is 1. The van der Waals surface area contributed by atoms with Gasteiger partial charge in [-0.05, 0) is 37.2 Å². The Balaban J connectivity index is 1.86.